The topological polar surface area (TPSA) is 78.8 Å². The second-order valence-electron chi connectivity index (χ2n) is 6.79. The second-order valence-corrected chi connectivity index (χ2v) is 6.79. The third-order valence-electron chi connectivity index (χ3n) is 5.36. The van der Waals surface area contributed by atoms with Crippen molar-refractivity contribution in [2.24, 2.45) is 5.92 Å². The molecule has 1 amide bonds. The van der Waals surface area contributed by atoms with Crippen molar-refractivity contribution in [2.45, 2.75) is 38.6 Å². The first-order valence-corrected chi connectivity index (χ1v) is 8.90. The van der Waals surface area contributed by atoms with Gasteiger partial charge in [0.1, 0.15) is 5.76 Å². The van der Waals surface area contributed by atoms with Crippen LogP contribution in [0.15, 0.2) is 15.4 Å². The molecule has 0 aliphatic carbocycles. The summed E-state index contributed by atoms with van der Waals surface area (Å²) in [5, 5.41) is 2.25. The number of hydrogen-bond acceptors (Lipinski definition) is 5. The molecule has 7 nitrogen and oxygen atoms in total. The minimum Gasteiger partial charge on any atom is -0.384 e. The van der Waals surface area contributed by atoms with Crippen molar-refractivity contribution in [3.05, 3.63) is 22.2 Å². The summed E-state index contributed by atoms with van der Waals surface area (Å²) >= 11 is 0. The Bertz CT molecular complexity index is 583. The zero-order valence-corrected chi connectivity index (χ0v) is 14.3. The Balaban J connectivity index is 1.42. The molecule has 1 aromatic rings. The van der Waals surface area contributed by atoms with Crippen LogP contribution >= 0.6 is 0 Å². The summed E-state index contributed by atoms with van der Waals surface area (Å²) in [4.78, 5) is 27.8. The summed E-state index contributed by atoms with van der Waals surface area (Å²) < 4.78 is 10.4. The van der Waals surface area contributed by atoms with Crippen LogP contribution in [0.2, 0.25) is 0 Å². The molecule has 2 aliphatic rings. The molecule has 3 rings (SSSR count). The Kier molecular flexibility index (Phi) is 5.73. The van der Waals surface area contributed by atoms with E-state index in [9.17, 15) is 9.59 Å². The first-order valence-electron chi connectivity index (χ1n) is 8.90. The van der Waals surface area contributed by atoms with Gasteiger partial charge in [0.25, 0.3) is 5.56 Å². The molecule has 0 unspecified atom stereocenters. The van der Waals surface area contributed by atoms with Gasteiger partial charge in [-0.15, -0.1) is 0 Å². The number of hydrogen-bond donors (Lipinski definition) is 1. The molecule has 2 aliphatic heterocycles. The van der Waals surface area contributed by atoms with Crippen LogP contribution in [0.25, 0.3) is 0 Å². The van der Waals surface area contributed by atoms with Crippen LogP contribution in [-0.2, 0) is 16.0 Å². The van der Waals surface area contributed by atoms with Gasteiger partial charge in [0.15, 0.2) is 0 Å². The predicted molar refractivity (Wildman–Crippen MR) is 88.8 cm³/mol. The molecule has 1 atom stereocenters. The van der Waals surface area contributed by atoms with Crippen molar-refractivity contribution in [2.75, 3.05) is 39.4 Å². The molecule has 7 heteroatoms. The van der Waals surface area contributed by atoms with Gasteiger partial charge in [0, 0.05) is 51.1 Å². The third-order valence-corrected chi connectivity index (χ3v) is 5.36. The van der Waals surface area contributed by atoms with Gasteiger partial charge in [0.2, 0.25) is 5.91 Å². The number of H-pyrrole nitrogens is 1. The second kappa shape index (κ2) is 7.98. The lowest BCUT2D eigenvalue weighted by Gasteiger charge is -2.41. The zero-order valence-electron chi connectivity index (χ0n) is 14.3. The fourth-order valence-corrected chi connectivity index (χ4v) is 3.75. The van der Waals surface area contributed by atoms with Crippen LogP contribution in [0, 0.1) is 5.92 Å². The van der Waals surface area contributed by atoms with Crippen molar-refractivity contribution in [3.63, 3.8) is 0 Å². The van der Waals surface area contributed by atoms with Crippen molar-refractivity contribution in [1.29, 1.82) is 0 Å². The Morgan fingerprint density at radius 2 is 2.00 bits per heavy atom. The van der Waals surface area contributed by atoms with Gasteiger partial charge in [-0.05, 0) is 25.7 Å². The van der Waals surface area contributed by atoms with Gasteiger partial charge in [-0.3, -0.25) is 14.5 Å². The van der Waals surface area contributed by atoms with Crippen molar-refractivity contribution in [3.8, 4) is 0 Å². The lowest BCUT2D eigenvalue weighted by Crippen LogP contribution is -2.49. The molecule has 0 spiro atoms. The van der Waals surface area contributed by atoms with Gasteiger partial charge in [-0.25, -0.2) is 0 Å². The van der Waals surface area contributed by atoms with E-state index in [1.807, 2.05) is 4.90 Å². The number of aromatic amines is 1. The standard InChI is InChI=1S/C17H27N3O4/c1-13(19-8-10-23-11-9-19)14-4-6-20(7-5-14)17(22)3-2-15-12-16(21)18-24-15/h12-14H,2-11H2,1H3,(H,18,21)/t13-/m0/s1. The molecule has 2 saturated heterocycles. The van der Waals surface area contributed by atoms with Crippen LogP contribution < -0.4 is 5.56 Å². The number of aryl methyl sites for hydroxylation is 1. The molecule has 134 valence electrons. The van der Waals surface area contributed by atoms with Gasteiger partial charge in [-0.2, -0.15) is 5.16 Å². The van der Waals surface area contributed by atoms with Gasteiger partial charge in [-0.1, -0.05) is 0 Å². The monoisotopic (exact) mass is 337 g/mol. The molecular formula is C17H27N3O4. The number of likely N-dealkylation sites (tertiary alicyclic amines) is 1. The van der Waals surface area contributed by atoms with Crippen molar-refractivity contribution in [1.82, 2.24) is 15.0 Å². The number of carbonyl (C=O) groups excluding carboxylic acids is 1. The molecule has 1 aromatic heterocycles. The lowest BCUT2D eigenvalue weighted by molar-refractivity contribution is -0.133. The van der Waals surface area contributed by atoms with E-state index in [1.165, 1.54) is 6.07 Å². The van der Waals surface area contributed by atoms with Gasteiger partial charge < -0.3 is 14.2 Å². The first-order chi connectivity index (χ1) is 11.6. The van der Waals surface area contributed by atoms with Gasteiger partial charge in [0.05, 0.1) is 13.2 Å². The van der Waals surface area contributed by atoms with Crippen LogP contribution in [-0.4, -0.2) is 66.3 Å². The summed E-state index contributed by atoms with van der Waals surface area (Å²) in [5.74, 6) is 1.34. The number of amides is 1. The number of morpholine rings is 1. The van der Waals surface area contributed by atoms with Crippen LogP contribution in [0.5, 0.6) is 0 Å². The van der Waals surface area contributed by atoms with E-state index in [4.69, 9.17) is 9.26 Å². The molecular weight excluding hydrogens is 310 g/mol. The summed E-state index contributed by atoms with van der Waals surface area (Å²) in [5.41, 5.74) is -0.254. The highest BCUT2D eigenvalue weighted by Crippen LogP contribution is 2.25. The average Bonchev–Trinajstić information content (AvgIpc) is 3.05. The van der Waals surface area contributed by atoms with E-state index in [-0.39, 0.29) is 11.5 Å². The Labute approximate surface area is 141 Å². The predicted octanol–water partition coefficient (Wildman–Crippen LogP) is 0.860. The van der Waals surface area contributed by atoms with Crippen LogP contribution in [0.1, 0.15) is 31.9 Å². The number of carbonyl (C=O) groups is 1. The lowest BCUT2D eigenvalue weighted by atomic mass is 9.89. The molecule has 0 bridgehead atoms. The Hall–Kier alpha value is -1.60. The molecule has 0 aromatic carbocycles. The summed E-state index contributed by atoms with van der Waals surface area (Å²) in [6.07, 6.45) is 2.99. The summed E-state index contributed by atoms with van der Waals surface area (Å²) in [6.45, 7) is 7.66. The highest BCUT2D eigenvalue weighted by atomic mass is 16.5. The number of ether oxygens (including phenoxy) is 1. The SMILES string of the molecule is C[C@@H](C1CCN(C(=O)CCc2cc(=O)[nH]o2)CC1)N1CCOCC1. The molecule has 0 radical (unpaired) electrons. The first kappa shape index (κ1) is 17.2. The molecule has 2 fully saturated rings. The van der Waals surface area contributed by atoms with Crippen molar-refractivity contribution >= 4 is 5.91 Å². The van der Waals surface area contributed by atoms with Crippen LogP contribution in [0.3, 0.4) is 0 Å². The highest BCUT2D eigenvalue weighted by Gasteiger charge is 2.29. The van der Waals surface area contributed by atoms with E-state index in [0.717, 1.165) is 52.2 Å². The number of aromatic nitrogens is 1. The van der Waals surface area contributed by atoms with E-state index < -0.39 is 0 Å². The number of nitrogens with one attached hydrogen (secondary N) is 1. The van der Waals surface area contributed by atoms with E-state index in [0.29, 0.717) is 30.6 Å². The quantitative estimate of drug-likeness (QED) is 0.862. The van der Waals surface area contributed by atoms with Crippen LogP contribution in [0.4, 0.5) is 0 Å². The third kappa shape index (κ3) is 4.27. The maximum absolute atomic E-state index is 12.3. The summed E-state index contributed by atoms with van der Waals surface area (Å²) in [7, 11) is 0. The molecule has 3 heterocycles. The largest absolute Gasteiger partial charge is 0.384 e. The molecule has 0 saturated carbocycles. The Morgan fingerprint density at radius 3 is 2.62 bits per heavy atom. The number of piperidine rings is 1. The fraction of sp³-hybridized carbons (Fsp3) is 0.765. The maximum Gasteiger partial charge on any atom is 0.280 e. The number of nitrogens with zero attached hydrogens (tertiary/aromatic N) is 2. The fourth-order valence-electron chi connectivity index (χ4n) is 3.75. The summed E-state index contributed by atoms with van der Waals surface area (Å²) in [6, 6.07) is 1.96. The smallest absolute Gasteiger partial charge is 0.280 e. The minimum absolute atomic E-state index is 0.149. The zero-order chi connectivity index (χ0) is 16.9. The average molecular weight is 337 g/mol. The Morgan fingerprint density at radius 1 is 1.29 bits per heavy atom. The number of rotatable bonds is 5. The molecule has 24 heavy (non-hydrogen) atoms. The van der Waals surface area contributed by atoms with E-state index in [1.54, 1.807) is 0 Å². The van der Waals surface area contributed by atoms with Crippen molar-refractivity contribution < 1.29 is 14.1 Å². The van der Waals surface area contributed by atoms with Gasteiger partial charge >= 0.3 is 0 Å². The maximum atomic E-state index is 12.3. The molecule has 1 N–H and O–H groups in total. The normalized spacial score (nSPS) is 21.8. The van der Waals surface area contributed by atoms with E-state index >= 15 is 0 Å². The highest BCUT2D eigenvalue weighted by molar-refractivity contribution is 5.76. The minimum atomic E-state index is -0.254. The van der Waals surface area contributed by atoms with E-state index in [2.05, 4.69) is 17.0 Å².